The highest BCUT2D eigenvalue weighted by atomic mass is 16.5. The predicted octanol–water partition coefficient (Wildman–Crippen LogP) is 2.80. The molecule has 28 heavy (non-hydrogen) atoms. The molecule has 0 spiro atoms. The molecule has 1 aliphatic rings. The fourth-order valence-electron chi connectivity index (χ4n) is 3.28. The second kappa shape index (κ2) is 8.65. The zero-order valence-electron chi connectivity index (χ0n) is 15.7. The summed E-state index contributed by atoms with van der Waals surface area (Å²) in [7, 11) is 0. The maximum Gasteiger partial charge on any atom is 0.222 e. The number of amides is 1. The molecule has 0 aliphatic carbocycles. The lowest BCUT2D eigenvalue weighted by Crippen LogP contribution is -2.37. The van der Waals surface area contributed by atoms with Gasteiger partial charge in [-0.15, -0.1) is 5.10 Å². The van der Waals surface area contributed by atoms with Gasteiger partial charge in [0.2, 0.25) is 5.91 Å². The number of hydrogen-bond donors (Lipinski definition) is 0. The first kappa shape index (κ1) is 18.2. The summed E-state index contributed by atoms with van der Waals surface area (Å²) in [4.78, 5) is 23.1. The van der Waals surface area contributed by atoms with Crippen molar-refractivity contribution in [2.24, 2.45) is 0 Å². The van der Waals surface area contributed by atoms with E-state index in [-0.39, 0.29) is 12.5 Å². The van der Waals surface area contributed by atoms with Crippen LogP contribution in [0.4, 0.5) is 0 Å². The van der Waals surface area contributed by atoms with Gasteiger partial charge in [0.25, 0.3) is 0 Å². The molecule has 3 heterocycles. The van der Waals surface area contributed by atoms with Crippen molar-refractivity contribution >= 4 is 5.91 Å². The molecule has 1 saturated heterocycles. The van der Waals surface area contributed by atoms with Gasteiger partial charge < -0.3 is 9.64 Å². The van der Waals surface area contributed by atoms with Gasteiger partial charge in [-0.1, -0.05) is 24.3 Å². The fraction of sp³-hybridized carbons (Fsp3) is 0.333. The Morgan fingerprint density at radius 1 is 1.04 bits per heavy atom. The Labute approximate surface area is 164 Å². The molecule has 1 fully saturated rings. The number of carbonyl (C=O) groups is 1. The van der Waals surface area contributed by atoms with E-state index in [1.54, 1.807) is 10.9 Å². The van der Waals surface area contributed by atoms with Crippen LogP contribution in [-0.2, 0) is 17.8 Å². The first-order valence-electron chi connectivity index (χ1n) is 9.61. The SMILES string of the molecule is O=C1CCCCN1CCc1nc(COc2ccccc2)nn1-c1ccccn1. The summed E-state index contributed by atoms with van der Waals surface area (Å²) in [5, 5.41) is 4.59. The monoisotopic (exact) mass is 377 g/mol. The number of hydrogen-bond acceptors (Lipinski definition) is 5. The topological polar surface area (TPSA) is 73.1 Å². The average Bonchev–Trinajstić information content (AvgIpc) is 3.16. The molecular weight excluding hydrogens is 354 g/mol. The molecule has 0 saturated carbocycles. The minimum atomic E-state index is 0.225. The molecule has 0 unspecified atom stereocenters. The van der Waals surface area contributed by atoms with Crippen LogP contribution in [0.15, 0.2) is 54.7 Å². The van der Waals surface area contributed by atoms with Crippen LogP contribution in [0.3, 0.4) is 0 Å². The number of aromatic nitrogens is 4. The summed E-state index contributed by atoms with van der Waals surface area (Å²) >= 11 is 0. The number of pyridine rings is 1. The second-order valence-electron chi connectivity index (χ2n) is 6.73. The van der Waals surface area contributed by atoms with Crippen molar-refractivity contribution in [3.8, 4) is 11.6 Å². The lowest BCUT2D eigenvalue weighted by atomic mass is 10.1. The smallest absolute Gasteiger partial charge is 0.222 e. The minimum absolute atomic E-state index is 0.225. The van der Waals surface area contributed by atoms with Gasteiger partial charge in [0.15, 0.2) is 11.6 Å². The van der Waals surface area contributed by atoms with E-state index in [4.69, 9.17) is 4.74 Å². The number of rotatable bonds is 7. The van der Waals surface area contributed by atoms with Crippen LogP contribution in [0, 0.1) is 0 Å². The molecule has 3 aromatic rings. The highest BCUT2D eigenvalue weighted by Gasteiger charge is 2.20. The lowest BCUT2D eigenvalue weighted by Gasteiger charge is -2.26. The summed E-state index contributed by atoms with van der Waals surface area (Å²) < 4.78 is 7.53. The fourth-order valence-corrected chi connectivity index (χ4v) is 3.28. The summed E-state index contributed by atoms with van der Waals surface area (Å²) in [6, 6.07) is 15.3. The van der Waals surface area contributed by atoms with E-state index in [0.29, 0.717) is 31.0 Å². The van der Waals surface area contributed by atoms with Crippen LogP contribution >= 0.6 is 0 Å². The molecule has 7 heteroatoms. The maximum atomic E-state index is 12.1. The van der Waals surface area contributed by atoms with Crippen LogP contribution in [-0.4, -0.2) is 43.6 Å². The van der Waals surface area contributed by atoms with Crippen LogP contribution < -0.4 is 4.74 Å². The lowest BCUT2D eigenvalue weighted by molar-refractivity contribution is -0.133. The van der Waals surface area contributed by atoms with Gasteiger partial charge >= 0.3 is 0 Å². The van der Waals surface area contributed by atoms with Gasteiger partial charge in [-0.25, -0.2) is 9.97 Å². The van der Waals surface area contributed by atoms with E-state index in [1.807, 2.05) is 53.4 Å². The molecular formula is C21H23N5O2. The summed E-state index contributed by atoms with van der Waals surface area (Å²) in [6.45, 7) is 1.74. The third kappa shape index (κ3) is 4.36. The number of ether oxygens (including phenoxy) is 1. The van der Waals surface area contributed by atoms with Crippen LogP contribution in [0.1, 0.15) is 30.9 Å². The number of carbonyl (C=O) groups excluding carboxylic acids is 1. The quantitative estimate of drug-likeness (QED) is 0.633. The molecule has 1 amide bonds. The van der Waals surface area contributed by atoms with E-state index in [9.17, 15) is 4.79 Å². The minimum Gasteiger partial charge on any atom is -0.486 e. The van der Waals surface area contributed by atoms with Gasteiger partial charge in [0.1, 0.15) is 18.2 Å². The van der Waals surface area contributed by atoms with Crippen molar-refractivity contribution in [1.82, 2.24) is 24.6 Å². The van der Waals surface area contributed by atoms with Crippen molar-refractivity contribution < 1.29 is 9.53 Å². The molecule has 0 bridgehead atoms. The zero-order valence-corrected chi connectivity index (χ0v) is 15.7. The Kier molecular flexibility index (Phi) is 5.61. The summed E-state index contributed by atoms with van der Waals surface area (Å²) in [5.74, 6) is 3.08. The number of likely N-dealkylation sites (tertiary alicyclic amines) is 1. The Bertz CT molecular complexity index is 911. The van der Waals surface area contributed by atoms with E-state index < -0.39 is 0 Å². The first-order chi connectivity index (χ1) is 13.8. The van der Waals surface area contributed by atoms with Gasteiger partial charge in [0.05, 0.1) is 0 Å². The molecule has 4 rings (SSSR count). The number of para-hydroxylation sites is 1. The molecule has 0 atom stereocenters. The Morgan fingerprint density at radius 2 is 1.89 bits per heavy atom. The van der Waals surface area contributed by atoms with Crippen molar-refractivity contribution in [1.29, 1.82) is 0 Å². The maximum absolute atomic E-state index is 12.1. The Hall–Kier alpha value is -3.22. The second-order valence-corrected chi connectivity index (χ2v) is 6.73. The van der Waals surface area contributed by atoms with E-state index in [1.165, 1.54) is 0 Å². The third-order valence-electron chi connectivity index (χ3n) is 4.72. The molecule has 1 aromatic carbocycles. The third-order valence-corrected chi connectivity index (χ3v) is 4.72. The molecule has 0 N–H and O–H groups in total. The summed E-state index contributed by atoms with van der Waals surface area (Å²) in [6.07, 6.45) is 5.05. The van der Waals surface area contributed by atoms with E-state index >= 15 is 0 Å². The van der Waals surface area contributed by atoms with Gasteiger partial charge in [-0.3, -0.25) is 4.79 Å². The number of piperidine rings is 1. The zero-order chi connectivity index (χ0) is 19.2. The standard InChI is InChI=1S/C21H23N5O2/c27-21-11-5-7-14-25(21)15-12-20-23-18(16-28-17-8-2-1-3-9-17)24-26(20)19-10-4-6-13-22-19/h1-4,6,8-10,13H,5,7,11-12,14-16H2. The molecule has 144 valence electrons. The van der Waals surface area contributed by atoms with Crippen molar-refractivity contribution in [3.63, 3.8) is 0 Å². The predicted molar refractivity (Wildman–Crippen MR) is 104 cm³/mol. The number of nitrogens with zero attached hydrogens (tertiary/aromatic N) is 5. The van der Waals surface area contributed by atoms with Gasteiger partial charge in [-0.2, -0.15) is 4.68 Å². The molecule has 0 radical (unpaired) electrons. The van der Waals surface area contributed by atoms with E-state index in [0.717, 1.165) is 31.0 Å². The van der Waals surface area contributed by atoms with Crippen molar-refractivity contribution in [3.05, 3.63) is 66.4 Å². The summed E-state index contributed by atoms with van der Waals surface area (Å²) in [5.41, 5.74) is 0. The van der Waals surface area contributed by atoms with Crippen molar-refractivity contribution in [2.45, 2.75) is 32.3 Å². The van der Waals surface area contributed by atoms with Crippen molar-refractivity contribution in [2.75, 3.05) is 13.1 Å². The largest absolute Gasteiger partial charge is 0.486 e. The normalized spacial score (nSPS) is 14.3. The van der Waals surface area contributed by atoms with Crippen LogP contribution in [0.25, 0.3) is 5.82 Å². The molecule has 1 aliphatic heterocycles. The van der Waals surface area contributed by atoms with E-state index in [2.05, 4.69) is 15.1 Å². The van der Waals surface area contributed by atoms with Gasteiger partial charge in [0, 0.05) is 32.1 Å². The molecule has 2 aromatic heterocycles. The highest BCUT2D eigenvalue weighted by molar-refractivity contribution is 5.76. The highest BCUT2D eigenvalue weighted by Crippen LogP contribution is 2.15. The van der Waals surface area contributed by atoms with Gasteiger partial charge in [-0.05, 0) is 37.1 Å². The Balaban J connectivity index is 1.51. The Morgan fingerprint density at radius 3 is 2.68 bits per heavy atom. The van der Waals surface area contributed by atoms with Crippen LogP contribution in [0.2, 0.25) is 0 Å². The molecule has 7 nitrogen and oxygen atoms in total. The first-order valence-corrected chi connectivity index (χ1v) is 9.61. The average molecular weight is 377 g/mol. The number of benzene rings is 1. The van der Waals surface area contributed by atoms with Crippen LogP contribution in [0.5, 0.6) is 5.75 Å².